The molecule has 6 nitrogen and oxygen atoms in total. The monoisotopic (exact) mass is 403 g/mol. The molecule has 0 bridgehead atoms. The Bertz CT molecular complexity index is 973. The van der Waals surface area contributed by atoms with Gasteiger partial charge >= 0.3 is 0 Å². The summed E-state index contributed by atoms with van der Waals surface area (Å²) in [5.74, 6) is 0.240. The van der Waals surface area contributed by atoms with E-state index in [-0.39, 0.29) is 5.91 Å². The Morgan fingerprint density at radius 3 is 2.40 bits per heavy atom. The van der Waals surface area contributed by atoms with Gasteiger partial charge in [0.25, 0.3) is 5.91 Å². The molecule has 6 heteroatoms. The molecule has 0 fully saturated rings. The van der Waals surface area contributed by atoms with E-state index in [0.717, 1.165) is 16.9 Å². The summed E-state index contributed by atoms with van der Waals surface area (Å²) < 4.78 is 5.78. The van der Waals surface area contributed by atoms with Gasteiger partial charge in [0.2, 0.25) is 5.91 Å². The van der Waals surface area contributed by atoms with Crippen LogP contribution in [-0.2, 0) is 24.2 Å². The Labute approximate surface area is 176 Å². The van der Waals surface area contributed by atoms with E-state index in [0.29, 0.717) is 43.7 Å². The third-order valence-electron chi connectivity index (χ3n) is 4.65. The number of pyridine rings is 1. The highest BCUT2D eigenvalue weighted by atomic mass is 16.5. The second kappa shape index (κ2) is 10.8. The van der Waals surface area contributed by atoms with Gasteiger partial charge in [0.15, 0.2) is 0 Å². The third kappa shape index (κ3) is 6.44. The van der Waals surface area contributed by atoms with E-state index in [2.05, 4.69) is 10.3 Å². The molecule has 0 unspecified atom stereocenters. The number of ether oxygens (including phenoxy) is 1. The second-order valence-corrected chi connectivity index (χ2v) is 6.88. The van der Waals surface area contributed by atoms with Gasteiger partial charge in [0, 0.05) is 25.6 Å². The summed E-state index contributed by atoms with van der Waals surface area (Å²) in [6, 6.07) is 21.1. The average molecular weight is 403 g/mol. The number of benzene rings is 2. The number of carbonyl (C=O) groups excluding carboxylic acids is 2. The lowest BCUT2D eigenvalue weighted by Crippen LogP contribution is -2.27. The number of amides is 2. The fraction of sp³-hybridized carbons (Fsp3) is 0.208. The zero-order valence-corrected chi connectivity index (χ0v) is 16.7. The fourth-order valence-electron chi connectivity index (χ4n) is 3.02. The summed E-state index contributed by atoms with van der Waals surface area (Å²) in [7, 11) is 0. The van der Waals surface area contributed by atoms with Crippen LogP contribution in [0.4, 0.5) is 0 Å². The first-order valence-corrected chi connectivity index (χ1v) is 9.88. The molecule has 30 heavy (non-hydrogen) atoms. The number of hydrogen-bond donors (Lipinski definition) is 2. The number of nitrogens with two attached hydrogens (primary N) is 1. The first-order chi connectivity index (χ1) is 14.6. The highest BCUT2D eigenvalue weighted by Crippen LogP contribution is 2.15. The average Bonchev–Trinajstić information content (AvgIpc) is 2.78. The maximum Gasteiger partial charge on any atom is 0.250 e. The summed E-state index contributed by atoms with van der Waals surface area (Å²) in [5, 5.41) is 2.86. The van der Waals surface area contributed by atoms with Crippen molar-refractivity contribution in [2.45, 2.75) is 25.9 Å². The highest BCUT2D eigenvalue weighted by Gasteiger charge is 2.09. The fourth-order valence-corrected chi connectivity index (χ4v) is 3.02. The van der Waals surface area contributed by atoms with Crippen molar-refractivity contribution in [1.29, 1.82) is 0 Å². The summed E-state index contributed by atoms with van der Waals surface area (Å²) in [5.41, 5.74) is 8.51. The first kappa shape index (κ1) is 21.0. The minimum absolute atomic E-state index is 0.0454. The number of nitrogens with zero attached hydrogens (tertiary/aromatic N) is 1. The molecule has 0 saturated heterocycles. The van der Waals surface area contributed by atoms with Crippen LogP contribution in [0.3, 0.4) is 0 Å². The van der Waals surface area contributed by atoms with Gasteiger partial charge in [0.05, 0.1) is 11.3 Å². The van der Waals surface area contributed by atoms with E-state index in [1.165, 1.54) is 0 Å². The molecule has 0 aliphatic heterocycles. The SMILES string of the molecule is NC(=O)c1cccnc1CCNC(=O)CCc1ccc(OCc2ccccc2)cc1. The number of carbonyl (C=O) groups is 2. The van der Waals surface area contributed by atoms with Gasteiger partial charge in [-0.3, -0.25) is 14.6 Å². The van der Waals surface area contributed by atoms with Gasteiger partial charge in [-0.25, -0.2) is 0 Å². The summed E-state index contributed by atoms with van der Waals surface area (Å²) in [4.78, 5) is 27.7. The number of primary amides is 1. The number of aryl methyl sites for hydroxylation is 1. The van der Waals surface area contributed by atoms with Crippen LogP contribution in [0, 0.1) is 0 Å². The van der Waals surface area contributed by atoms with E-state index in [1.807, 2.05) is 54.6 Å². The molecule has 0 radical (unpaired) electrons. The standard InChI is InChI=1S/C24H25N3O3/c25-24(29)21-7-4-15-26-22(21)14-16-27-23(28)13-10-18-8-11-20(12-9-18)30-17-19-5-2-1-3-6-19/h1-9,11-12,15H,10,13-14,16-17H2,(H2,25,29)(H,27,28). The largest absolute Gasteiger partial charge is 0.489 e. The van der Waals surface area contributed by atoms with Crippen molar-refractivity contribution in [1.82, 2.24) is 10.3 Å². The lowest BCUT2D eigenvalue weighted by molar-refractivity contribution is -0.121. The topological polar surface area (TPSA) is 94.3 Å². The molecule has 0 saturated carbocycles. The Balaban J connectivity index is 1.39. The molecule has 0 aliphatic carbocycles. The Morgan fingerprint density at radius 2 is 1.67 bits per heavy atom. The summed E-state index contributed by atoms with van der Waals surface area (Å²) in [6.45, 7) is 0.929. The zero-order valence-electron chi connectivity index (χ0n) is 16.7. The van der Waals surface area contributed by atoms with Crippen LogP contribution in [0.1, 0.15) is 33.6 Å². The zero-order chi connectivity index (χ0) is 21.2. The van der Waals surface area contributed by atoms with E-state index in [4.69, 9.17) is 10.5 Å². The second-order valence-electron chi connectivity index (χ2n) is 6.88. The van der Waals surface area contributed by atoms with E-state index in [9.17, 15) is 9.59 Å². The minimum Gasteiger partial charge on any atom is -0.489 e. The maximum absolute atomic E-state index is 12.1. The van der Waals surface area contributed by atoms with Gasteiger partial charge in [-0.05, 0) is 41.8 Å². The first-order valence-electron chi connectivity index (χ1n) is 9.88. The van der Waals surface area contributed by atoms with Gasteiger partial charge in [-0.2, -0.15) is 0 Å². The van der Waals surface area contributed by atoms with Crippen LogP contribution >= 0.6 is 0 Å². The molecule has 0 spiro atoms. The van der Waals surface area contributed by atoms with Crippen LogP contribution in [0.5, 0.6) is 5.75 Å². The highest BCUT2D eigenvalue weighted by molar-refractivity contribution is 5.93. The molecule has 1 heterocycles. The molecule has 3 aromatic rings. The number of aromatic nitrogens is 1. The van der Waals surface area contributed by atoms with E-state index in [1.54, 1.807) is 18.3 Å². The normalized spacial score (nSPS) is 10.4. The van der Waals surface area contributed by atoms with Crippen LogP contribution in [0.15, 0.2) is 72.9 Å². The minimum atomic E-state index is -0.513. The molecule has 0 atom stereocenters. The van der Waals surface area contributed by atoms with Crippen molar-refractivity contribution in [3.8, 4) is 5.75 Å². The molecular formula is C24H25N3O3. The van der Waals surface area contributed by atoms with Gasteiger partial charge in [-0.1, -0.05) is 42.5 Å². The van der Waals surface area contributed by atoms with Crippen molar-refractivity contribution in [2.24, 2.45) is 5.73 Å². The molecule has 0 aliphatic rings. The van der Waals surface area contributed by atoms with Crippen molar-refractivity contribution in [2.75, 3.05) is 6.54 Å². The number of rotatable bonds is 10. The molecule has 2 aromatic carbocycles. The van der Waals surface area contributed by atoms with Crippen molar-refractivity contribution in [3.63, 3.8) is 0 Å². The number of hydrogen-bond acceptors (Lipinski definition) is 4. The maximum atomic E-state index is 12.1. The Kier molecular flexibility index (Phi) is 7.55. The molecule has 2 amide bonds. The van der Waals surface area contributed by atoms with Crippen LogP contribution in [0.25, 0.3) is 0 Å². The predicted octanol–water partition coefficient (Wildman–Crippen LogP) is 3.05. The Morgan fingerprint density at radius 1 is 0.900 bits per heavy atom. The quantitative estimate of drug-likeness (QED) is 0.544. The number of nitrogens with one attached hydrogen (secondary N) is 1. The lowest BCUT2D eigenvalue weighted by Gasteiger charge is -2.09. The molecular weight excluding hydrogens is 378 g/mol. The van der Waals surface area contributed by atoms with Crippen LogP contribution < -0.4 is 15.8 Å². The van der Waals surface area contributed by atoms with Gasteiger partial charge in [-0.15, -0.1) is 0 Å². The van der Waals surface area contributed by atoms with Gasteiger partial charge in [0.1, 0.15) is 12.4 Å². The predicted molar refractivity (Wildman–Crippen MR) is 115 cm³/mol. The van der Waals surface area contributed by atoms with Gasteiger partial charge < -0.3 is 15.8 Å². The van der Waals surface area contributed by atoms with Crippen LogP contribution in [-0.4, -0.2) is 23.3 Å². The third-order valence-corrected chi connectivity index (χ3v) is 4.65. The lowest BCUT2D eigenvalue weighted by atomic mass is 10.1. The van der Waals surface area contributed by atoms with E-state index < -0.39 is 5.91 Å². The van der Waals surface area contributed by atoms with Crippen molar-refractivity contribution < 1.29 is 14.3 Å². The molecule has 3 N–H and O–H groups in total. The Hall–Kier alpha value is -3.67. The molecule has 154 valence electrons. The summed E-state index contributed by atoms with van der Waals surface area (Å²) >= 11 is 0. The van der Waals surface area contributed by atoms with Crippen molar-refractivity contribution in [3.05, 3.63) is 95.3 Å². The summed E-state index contributed by atoms with van der Waals surface area (Å²) in [6.07, 6.45) is 3.09. The van der Waals surface area contributed by atoms with Crippen LogP contribution in [0.2, 0.25) is 0 Å². The molecule has 3 rings (SSSR count). The molecule has 1 aromatic heterocycles. The van der Waals surface area contributed by atoms with E-state index >= 15 is 0 Å². The van der Waals surface area contributed by atoms with Crippen molar-refractivity contribution >= 4 is 11.8 Å². The smallest absolute Gasteiger partial charge is 0.250 e.